The highest BCUT2D eigenvalue weighted by molar-refractivity contribution is 5.44. The minimum Gasteiger partial charge on any atom is -0.384 e. The topological polar surface area (TPSA) is 24.1 Å². The smallest absolute Gasteiger partial charge is 0.0340 e. The predicted octanol–water partition coefficient (Wildman–Crippen LogP) is 4.15. The van der Waals surface area contributed by atoms with Gasteiger partial charge in [0.15, 0.2) is 0 Å². The summed E-state index contributed by atoms with van der Waals surface area (Å²) in [5.74, 6) is 0. The van der Waals surface area contributed by atoms with Crippen LogP contribution in [0.1, 0.15) is 30.5 Å². The lowest BCUT2D eigenvalue weighted by Crippen LogP contribution is -2.26. The number of benzene rings is 2. The van der Waals surface area contributed by atoms with Crippen LogP contribution in [0.25, 0.3) is 0 Å². The Morgan fingerprint density at radius 2 is 1.60 bits per heavy atom. The fourth-order valence-electron chi connectivity index (χ4n) is 2.31. The van der Waals surface area contributed by atoms with Gasteiger partial charge in [-0.25, -0.2) is 0 Å². The van der Waals surface area contributed by atoms with Crippen LogP contribution < -0.4 is 10.6 Å². The molecular weight excluding hydrogens is 244 g/mol. The van der Waals surface area contributed by atoms with Gasteiger partial charge in [-0.3, -0.25) is 0 Å². The van der Waals surface area contributed by atoms with Gasteiger partial charge in [-0.1, -0.05) is 55.0 Å². The largest absolute Gasteiger partial charge is 0.384 e. The normalized spacial score (nSPS) is 12.1. The van der Waals surface area contributed by atoms with Crippen molar-refractivity contribution in [3.8, 4) is 0 Å². The number of nitrogens with one attached hydrogen (secondary N) is 2. The molecule has 2 aromatic carbocycles. The van der Waals surface area contributed by atoms with Crippen molar-refractivity contribution in [2.24, 2.45) is 0 Å². The summed E-state index contributed by atoms with van der Waals surface area (Å²) in [5.41, 5.74) is 3.85. The molecular formula is C18H24N2. The summed E-state index contributed by atoms with van der Waals surface area (Å²) in [5, 5.41) is 7.05. The fourth-order valence-corrected chi connectivity index (χ4v) is 2.31. The lowest BCUT2D eigenvalue weighted by atomic mass is 10.0. The maximum Gasteiger partial charge on any atom is 0.0340 e. The van der Waals surface area contributed by atoms with Crippen LogP contribution in [-0.2, 0) is 0 Å². The number of aryl methyl sites for hydroxylation is 1. The van der Waals surface area contributed by atoms with E-state index in [4.69, 9.17) is 0 Å². The number of anilines is 1. The molecule has 0 heterocycles. The van der Waals surface area contributed by atoms with Gasteiger partial charge in [0, 0.05) is 24.8 Å². The van der Waals surface area contributed by atoms with Crippen molar-refractivity contribution in [3.63, 3.8) is 0 Å². The Morgan fingerprint density at radius 1 is 0.900 bits per heavy atom. The van der Waals surface area contributed by atoms with E-state index in [1.54, 1.807) is 0 Å². The number of rotatable bonds is 7. The van der Waals surface area contributed by atoms with Crippen LogP contribution >= 0.6 is 0 Å². The van der Waals surface area contributed by atoms with Crippen molar-refractivity contribution in [3.05, 3.63) is 65.7 Å². The Bertz CT molecular complexity index is 491. The molecule has 0 bridgehead atoms. The van der Waals surface area contributed by atoms with Gasteiger partial charge in [0.05, 0.1) is 0 Å². The van der Waals surface area contributed by atoms with Crippen LogP contribution in [0, 0.1) is 6.92 Å². The molecule has 1 atom stereocenters. The number of hydrogen-bond donors (Lipinski definition) is 2. The number of hydrogen-bond acceptors (Lipinski definition) is 2. The van der Waals surface area contributed by atoms with E-state index in [9.17, 15) is 0 Å². The molecule has 1 unspecified atom stereocenters. The summed E-state index contributed by atoms with van der Waals surface area (Å²) >= 11 is 0. The van der Waals surface area contributed by atoms with Crippen molar-refractivity contribution in [2.45, 2.75) is 26.3 Å². The zero-order valence-corrected chi connectivity index (χ0v) is 12.4. The molecule has 0 amide bonds. The molecule has 106 valence electrons. The van der Waals surface area contributed by atoms with Crippen LogP contribution in [0.5, 0.6) is 0 Å². The maximum atomic E-state index is 3.60. The summed E-state index contributed by atoms with van der Waals surface area (Å²) < 4.78 is 0. The Balaban J connectivity index is 1.76. The molecule has 2 heteroatoms. The Kier molecular flexibility index (Phi) is 5.63. The monoisotopic (exact) mass is 268 g/mol. The molecule has 0 saturated heterocycles. The lowest BCUT2D eigenvalue weighted by molar-refractivity contribution is 0.531. The van der Waals surface area contributed by atoms with Gasteiger partial charge in [0.2, 0.25) is 0 Å². The first-order chi connectivity index (χ1) is 9.79. The first-order valence-corrected chi connectivity index (χ1v) is 7.38. The van der Waals surface area contributed by atoms with E-state index in [0.717, 1.165) is 19.5 Å². The quantitative estimate of drug-likeness (QED) is 0.737. The average Bonchev–Trinajstić information content (AvgIpc) is 2.50. The van der Waals surface area contributed by atoms with Crippen LogP contribution in [0.3, 0.4) is 0 Å². The van der Waals surface area contributed by atoms with E-state index in [1.807, 2.05) is 0 Å². The molecule has 0 saturated carbocycles. The standard InChI is InChI=1S/C18H24N2/c1-3-18(16-7-5-4-6-8-16)20-14-13-19-17-11-9-15(2)10-12-17/h4-12,18-20H,3,13-14H2,1-2H3. The van der Waals surface area contributed by atoms with Gasteiger partial charge in [0.1, 0.15) is 0 Å². The lowest BCUT2D eigenvalue weighted by Gasteiger charge is -2.18. The van der Waals surface area contributed by atoms with Gasteiger partial charge in [-0.05, 0) is 31.0 Å². The van der Waals surface area contributed by atoms with E-state index >= 15 is 0 Å². The van der Waals surface area contributed by atoms with Crippen molar-refractivity contribution < 1.29 is 0 Å². The van der Waals surface area contributed by atoms with Crippen LogP contribution in [0.4, 0.5) is 5.69 Å². The van der Waals surface area contributed by atoms with Crippen LogP contribution in [0.15, 0.2) is 54.6 Å². The minimum atomic E-state index is 0.441. The Labute approximate surface area is 122 Å². The van der Waals surface area contributed by atoms with Gasteiger partial charge in [-0.15, -0.1) is 0 Å². The Hall–Kier alpha value is -1.80. The maximum absolute atomic E-state index is 3.60. The molecule has 0 aromatic heterocycles. The average molecular weight is 268 g/mol. The third kappa shape index (κ3) is 4.39. The molecule has 0 aliphatic heterocycles. The SMILES string of the molecule is CCC(NCCNc1ccc(C)cc1)c1ccccc1. The van der Waals surface area contributed by atoms with E-state index in [1.165, 1.54) is 16.8 Å². The zero-order chi connectivity index (χ0) is 14.2. The first-order valence-electron chi connectivity index (χ1n) is 7.38. The minimum absolute atomic E-state index is 0.441. The van der Waals surface area contributed by atoms with Gasteiger partial charge < -0.3 is 10.6 Å². The fraction of sp³-hybridized carbons (Fsp3) is 0.333. The molecule has 2 rings (SSSR count). The summed E-state index contributed by atoms with van der Waals surface area (Å²) in [4.78, 5) is 0. The van der Waals surface area contributed by atoms with Crippen molar-refractivity contribution in [1.29, 1.82) is 0 Å². The summed E-state index contributed by atoms with van der Waals surface area (Å²) in [7, 11) is 0. The van der Waals surface area contributed by atoms with Gasteiger partial charge in [-0.2, -0.15) is 0 Å². The van der Waals surface area contributed by atoms with Gasteiger partial charge in [0.25, 0.3) is 0 Å². The highest BCUT2D eigenvalue weighted by atomic mass is 15.0. The molecule has 0 aliphatic rings. The highest BCUT2D eigenvalue weighted by Gasteiger charge is 2.06. The van der Waals surface area contributed by atoms with Crippen molar-refractivity contribution in [2.75, 3.05) is 18.4 Å². The van der Waals surface area contributed by atoms with Crippen molar-refractivity contribution >= 4 is 5.69 Å². The second-order valence-electron chi connectivity index (χ2n) is 5.12. The second kappa shape index (κ2) is 7.71. The molecule has 0 aliphatic carbocycles. The highest BCUT2D eigenvalue weighted by Crippen LogP contribution is 2.15. The predicted molar refractivity (Wildman–Crippen MR) is 87.1 cm³/mol. The molecule has 20 heavy (non-hydrogen) atoms. The molecule has 0 spiro atoms. The molecule has 2 N–H and O–H groups in total. The van der Waals surface area contributed by atoms with Crippen LogP contribution in [-0.4, -0.2) is 13.1 Å². The van der Waals surface area contributed by atoms with Gasteiger partial charge >= 0.3 is 0 Å². The van der Waals surface area contributed by atoms with E-state index in [0.29, 0.717) is 6.04 Å². The van der Waals surface area contributed by atoms with E-state index in [2.05, 4.69) is 79.1 Å². The molecule has 2 aromatic rings. The Morgan fingerprint density at radius 3 is 2.25 bits per heavy atom. The summed E-state index contributed by atoms with van der Waals surface area (Å²) in [6.45, 7) is 6.22. The third-order valence-corrected chi connectivity index (χ3v) is 3.51. The molecule has 0 radical (unpaired) electrons. The summed E-state index contributed by atoms with van der Waals surface area (Å²) in [6, 6.07) is 19.6. The third-order valence-electron chi connectivity index (χ3n) is 3.51. The van der Waals surface area contributed by atoms with Crippen LogP contribution in [0.2, 0.25) is 0 Å². The molecule has 2 nitrogen and oxygen atoms in total. The second-order valence-corrected chi connectivity index (χ2v) is 5.12. The first kappa shape index (κ1) is 14.6. The van der Waals surface area contributed by atoms with E-state index in [-0.39, 0.29) is 0 Å². The zero-order valence-electron chi connectivity index (χ0n) is 12.4. The molecule has 0 fully saturated rings. The van der Waals surface area contributed by atoms with E-state index < -0.39 is 0 Å². The summed E-state index contributed by atoms with van der Waals surface area (Å²) in [6.07, 6.45) is 1.11. The van der Waals surface area contributed by atoms with Crippen molar-refractivity contribution in [1.82, 2.24) is 5.32 Å².